The lowest BCUT2D eigenvalue weighted by Gasteiger charge is -2.20. The zero-order valence-electron chi connectivity index (χ0n) is 18.1. The van der Waals surface area contributed by atoms with Crippen LogP contribution in [0.3, 0.4) is 0 Å². The van der Waals surface area contributed by atoms with Crippen molar-refractivity contribution in [2.24, 2.45) is 0 Å². The quantitative estimate of drug-likeness (QED) is 0.215. The van der Waals surface area contributed by atoms with Crippen LogP contribution in [0.2, 0.25) is 0 Å². The molecule has 0 radical (unpaired) electrons. The van der Waals surface area contributed by atoms with Crippen molar-refractivity contribution in [2.75, 3.05) is 6.61 Å². The molecule has 5 rings (SSSR count). The third-order valence-electron chi connectivity index (χ3n) is 5.59. The molecular weight excluding hydrogens is 552 g/mol. The maximum absolute atomic E-state index is 6.43. The number of imidazole rings is 1. The van der Waals surface area contributed by atoms with Crippen LogP contribution in [-0.4, -0.2) is 38.3 Å². The summed E-state index contributed by atoms with van der Waals surface area (Å²) in [6.07, 6.45) is 1.58. The van der Waals surface area contributed by atoms with Crippen molar-refractivity contribution in [3.63, 3.8) is 0 Å². The van der Waals surface area contributed by atoms with Gasteiger partial charge in [-0.1, -0.05) is 35.4 Å². The second kappa shape index (κ2) is 9.40. The zero-order chi connectivity index (χ0) is 22.9. The van der Waals surface area contributed by atoms with Gasteiger partial charge in [-0.3, -0.25) is 4.57 Å². The minimum absolute atomic E-state index is 0.200. The predicted octanol–water partition coefficient (Wildman–Crippen LogP) is 5.78. The fraction of sp³-hybridized carbons (Fsp3) is 0.292. The number of aromatic nitrogens is 4. The first-order valence-corrected chi connectivity index (χ1v) is 12.2. The van der Waals surface area contributed by atoms with Gasteiger partial charge in [-0.25, -0.2) is 15.0 Å². The Kier molecular flexibility index (Phi) is 6.36. The monoisotopic (exact) mass is 572 g/mol. The summed E-state index contributed by atoms with van der Waals surface area (Å²) in [7, 11) is 0. The Balaban J connectivity index is 1.40. The molecule has 9 heteroatoms. The lowest BCUT2D eigenvalue weighted by atomic mass is 10.1. The van der Waals surface area contributed by atoms with E-state index in [2.05, 4.69) is 60.7 Å². The first-order chi connectivity index (χ1) is 16.0. The molecule has 3 atom stereocenters. The molecule has 170 valence electrons. The number of hydrogen-bond acceptors (Lipinski definition) is 6. The van der Waals surface area contributed by atoms with E-state index in [9.17, 15) is 0 Å². The molecule has 0 unspecified atom stereocenters. The van der Waals surface area contributed by atoms with Crippen LogP contribution in [0, 0.1) is 13.8 Å². The van der Waals surface area contributed by atoms with Crippen molar-refractivity contribution in [3.05, 3.63) is 75.3 Å². The van der Waals surface area contributed by atoms with Crippen LogP contribution in [0.4, 0.5) is 0 Å². The second-order valence-corrected chi connectivity index (χ2v) is 9.53. The highest BCUT2D eigenvalue weighted by Crippen LogP contribution is 2.35. The fourth-order valence-electron chi connectivity index (χ4n) is 3.82. The number of halogens is 2. The molecule has 0 aliphatic carbocycles. The molecule has 1 aliphatic heterocycles. The third-order valence-corrected chi connectivity index (χ3v) is 6.49. The Morgan fingerprint density at radius 3 is 2.33 bits per heavy atom. The largest absolute Gasteiger partial charge is 0.491 e. The zero-order valence-corrected chi connectivity index (χ0v) is 21.3. The van der Waals surface area contributed by atoms with Crippen LogP contribution >= 0.6 is 31.9 Å². The Morgan fingerprint density at radius 2 is 1.64 bits per heavy atom. The van der Waals surface area contributed by atoms with Gasteiger partial charge in [0.2, 0.25) is 0 Å². The average Bonchev–Trinajstić information content (AvgIpc) is 3.39. The highest BCUT2D eigenvalue weighted by Gasteiger charge is 2.39. The van der Waals surface area contributed by atoms with E-state index >= 15 is 0 Å². The maximum Gasteiger partial charge on any atom is 0.199 e. The normalized spacial score (nSPS) is 20.3. The molecule has 2 aromatic heterocycles. The summed E-state index contributed by atoms with van der Waals surface area (Å²) < 4.78 is 21.9. The topological polar surface area (TPSA) is 71.3 Å². The summed E-state index contributed by atoms with van der Waals surface area (Å²) in [5, 5.41) is 0. The molecule has 33 heavy (non-hydrogen) atoms. The van der Waals surface area contributed by atoms with Gasteiger partial charge in [0.05, 0.1) is 6.33 Å². The first kappa shape index (κ1) is 22.3. The van der Waals surface area contributed by atoms with Gasteiger partial charge in [0.25, 0.3) is 0 Å². The Morgan fingerprint density at radius 1 is 0.970 bits per heavy atom. The number of aryl methyl sites for hydroxylation is 2. The smallest absolute Gasteiger partial charge is 0.199 e. The van der Waals surface area contributed by atoms with Crippen molar-refractivity contribution in [3.8, 4) is 11.5 Å². The number of ether oxygens (including phenoxy) is 3. The van der Waals surface area contributed by atoms with Crippen molar-refractivity contribution in [1.29, 1.82) is 0 Å². The van der Waals surface area contributed by atoms with E-state index in [1.165, 1.54) is 11.1 Å². The second-order valence-electron chi connectivity index (χ2n) is 8.07. The van der Waals surface area contributed by atoms with Gasteiger partial charge >= 0.3 is 0 Å². The molecule has 2 aromatic carbocycles. The van der Waals surface area contributed by atoms with Gasteiger partial charge in [0.1, 0.15) is 46.7 Å². The third kappa shape index (κ3) is 4.90. The van der Waals surface area contributed by atoms with Crippen molar-refractivity contribution in [2.45, 2.75) is 38.7 Å². The standard InChI is InChI=1S/C24H22Br2N4O3/c1-14-3-7-16(8-4-14)31-12-19-18(32-17-9-5-15(2)6-10-17)11-20(33-19)30-13-27-21-22(25)28-24(26)29-23(21)30/h3-10,13,18-20H,11-12H2,1-2H3/t18-,19-,20+/m0/s1. The van der Waals surface area contributed by atoms with E-state index in [1.54, 1.807) is 6.33 Å². The van der Waals surface area contributed by atoms with E-state index in [4.69, 9.17) is 14.2 Å². The highest BCUT2D eigenvalue weighted by atomic mass is 79.9. The van der Waals surface area contributed by atoms with Gasteiger partial charge < -0.3 is 14.2 Å². The number of nitrogens with zero attached hydrogens (tertiary/aromatic N) is 4. The molecule has 1 saturated heterocycles. The summed E-state index contributed by atoms with van der Waals surface area (Å²) in [6, 6.07) is 16.0. The van der Waals surface area contributed by atoms with Gasteiger partial charge in [-0.15, -0.1) is 0 Å². The molecule has 0 bridgehead atoms. The molecule has 0 saturated carbocycles. The van der Waals surface area contributed by atoms with Gasteiger partial charge in [-0.2, -0.15) is 0 Å². The van der Waals surface area contributed by atoms with Crippen LogP contribution in [-0.2, 0) is 4.74 Å². The first-order valence-electron chi connectivity index (χ1n) is 10.6. The summed E-state index contributed by atoms with van der Waals surface area (Å²) >= 11 is 6.82. The van der Waals surface area contributed by atoms with Gasteiger partial charge in [0.15, 0.2) is 10.4 Å². The molecule has 0 amide bonds. The Bertz CT molecular complexity index is 1260. The van der Waals surface area contributed by atoms with E-state index in [1.807, 2.05) is 53.1 Å². The maximum atomic E-state index is 6.43. The molecule has 0 N–H and O–H groups in total. The number of rotatable bonds is 6. The Labute approximate surface area is 208 Å². The molecule has 1 fully saturated rings. The molecular formula is C24H22Br2N4O3. The molecule has 1 aliphatic rings. The van der Waals surface area contributed by atoms with Crippen LogP contribution in [0.15, 0.2) is 64.2 Å². The summed E-state index contributed by atoms with van der Waals surface area (Å²) in [5.41, 5.74) is 3.73. The minimum atomic E-state index is -0.300. The summed E-state index contributed by atoms with van der Waals surface area (Å²) in [5.74, 6) is 1.61. The summed E-state index contributed by atoms with van der Waals surface area (Å²) in [6.45, 7) is 4.47. The fourth-order valence-corrected chi connectivity index (χ4v) is 4.85. The van der Waals surface area contributed by atoms with Crippen molar-refractivity contribution < 1.29 is 14.2 Å². The highest BCUT2D eigenvalue weighted by molar-refractivity contribution is 9.11. The van der Waals surface area contributed by atoms with Gasteiger partial charge in [0, 0.05) is 6.42 Å². The van der Waals surface area contributed by atoms with Crippen LogP contribution < -0.4 is 9.47 Å². The average molecular weight is 574 g/mol. The summed E-state index contributed by atoms with van der Waals surface area (Å²) in [4.78, 5) is 13.2. The van der Waals surface area contributed by atoms with E-state index in [0.29, 0.717) is 33.5 Å². The molecule has 7 nitrogen and oxygen atoms in total. The SMILES string of the molecule is Cc1ccc(OC[C@@H]2O[C@@H](n3cnc4c(Br)nc(Br)nc43)C[C@@H]2Oc2ccc(C)cc2)cc1. The number of benzene rings is 2. The molecule has 0 spiro atoms. The number of fused-ring (bicyclic) bond motifs is 1. The van der Waals surface area contributed by atoms with E-state index in [-0.39, 0.29) is 18.4 Å². The van der Waals surface area contributed by atoms with Gasteiger partial charge in [-0.05, 0) is 70.0 Å². The van der Waals surface area contributed by atoms with Crippen LogP contribution in [0.25, 0.3) is 11.2 Å². The van der Waals surface area contributed by atoms with Crippen molar-refractivity contribution >= 4 is 43.0 Å². The van der Waals surface area contributed by atoms with E-state index in [0.717, 1.165) is 11.5 Å². The van der Waals surface area contributed by atoms with Crippen LogP contribution in [0.5, 0.6) is 11.5 Å². The lowest BCUT2D eigenvalue weighted by Crippen LogP contribution is -2.32. The van der Waals surface area contributed by atoms with Crippen molar-refractivity contribution in [1.82, 2.24) is 19.5 Å². The minimum Gasteiger partial charge on any atom is -0.491 e. The molecule has 3 heterocycles. The molecule has 4 aromatic rings. The lowest BCUT2D eigenvalue weighted by molar-refractivity contribution is -0.0341. The van der Waals surface area contributed by atoms with E-state index < -0.39 is 0 Å². The van der Waals surface area contributed by atoms with Crippen LogP contribution in [0.1, 0.15) is 23.8 Å². The predicted molar refractivity (Wildman–Crippen MR) is 132 cm³/mol. The Hall–Kier alpha value is -2.49. The number of hydrogen-bond donors (Lipinski definition) is 0.